The van der Waals surface area contributed by atoms with Crippen molar-refractivity contribution >= 4 is 33.2 Å². The van der Waals surface area contributed by atoms with Crippen LogP contribution in [0.4, 0.5) is 0 Å². The van der Waals surface area contributed by atoms with Gasteiger partial charge >= 0.3 is 0 Å². The first-order valence-corrected chi connectivity index (χ1v) is 8.62. The summed E-state index contributed by atoms with van der Waals surface area (Å²) in [6, 6.07) is 3.00. The van der Waals surface area contributed by atoms with Gasteiger partial charge in [-0.3, -0.25) is 0 Å². The van der Waals surface area contributed by atoms with Crippen LogP contribution < -0.4 is 5.32 Å². The van der Waals surface area contributed by atoms with Crippen LogP contribution in [0, 0.1) is 12.3 Å². The lowest BCUT2D eigenvalue weighted by atomic mass is 10.2. The van der Waals surface area contributed by atoms with Crippen LogP contribution in [0.15, 0.2) is 17.0 Å². The molecular formula is C14H18Cl2N2O2S. The summed E-state index contributed by atoms with van der Waals surface area (Å²) in [6.07, 6.45) is 6.12. The number of benzene rings is 1. The zero-order chi connectivity index (χ0) is 16.0. The van der Waals surface area contributed by atoms with E-state index in [-0.39, 0.29) is 16.5 Å². The van der Waals surface area contributed by atoms with Crippen molar-refractivity contribution in [1.29, 1.82) is 0 Å². The molecule has 0 unspecified atom stereocenters. The average Bonchev–Trinajstić information content (AvgIpc) is 2.42. The molecule has 0 bridgehead atoms. The SMILES string of the molecule is C#CCN(C)S(=O)(=O)c1cc(Cl)cc(CNCCC)c1Cl. The zero-order valence-corrected chi connectivity index (χ0v) is 14.3. The number of rotatable bonds is 7. The predicted molar refractivity (Wildman–Crippen MR) is 87.1 cm³/mol. The van der Waals surface area contributed by atoms with E-state index < -0.39 is 10.0 Å². The lowest BCUT2D eigenvalue weighted by molar-refractivity contribution is 0.503. The fourth-order valence-corrected chi connectivity index (χ4v) is 3.70. The van der Waals surface area contributed by atoms with E-state index in [2.05, 4.69) is 11.2 Å². The van der Waals surface area contributed by atoms with E-state index in [0.717, 1.165) is 17.3 Å². The maximum absolute atomic E-state index is 12.4. The van der Waals surface area contributed by atoms with E-state index in [1.165, 1.54) is 13.1 Å². The Morgan fingerprint density at radius 3 is 2.62 bits per heavy atom. The Kier molecular flexibility index (Phi) is 6.98. The summed E-state index contributed by atoms with van der Waals surface area (Å²) in [7, 11) is -2.36. The molecular weight excluding hydrogens is 331 g/mol. The normalized spacial score (nSPS) is 11.6. The number of hydrogen-bond acceptors (Lipinski definition) is 3. The molecule has 0 spiro atoms. The Labute approximate surface area is 136 Å². The van der Waals surface area contributed by atoms with Crippen molar-refractivity contribution in [3.05, 3.63) is 27.7 Å². The molecule has 0 atom stereocenters. The maximum atomic E-state index is 12.4. The van der Waals surface area contributed by atoms with Gasteiger partial charge in [-0.05, 0) is 30.7 Å². The minimum atomic E-state index is -3.76. The second-order valence-electron chi connectivity index (χ2n) is 4.52. The molecule has 0 saturated heterocycles. The van der Waals surface area contributed by atoms with E-state index in [1.807, 2.05) is 6.92 Å². The standard InChI is InChI=1S/C14H18Cl2N2O2S/c1-4-6-17-10-11-8-12(15)9-13(14(11)16)21(19,20)18(3)7-5-2/h2,8-9,17H,4,6-7,10H2,1,3H3. The first-order chi connectivity index (χ1) is 9.84. The summed E-state index contributed by atoms with van der Waals surface area (Å²) in [5, 5.41) is 3.66. The van der Waals surface area contributed by atoms with Gasteiger partial charge in [0.15, 0.2) is 0 Å². The fourth-order valence-electron chi connectivity index (χ4n) is 1.72. The second-order valence-corrected chi connectivity index (χ2v) is 7.35. The van der Waals surface area contributed by atoms with E-state index >= 15 is 0 Å². The number of halogens is 2. The summed E-state index contributed by atoms with van der Waals surface area (Å²) in [6.45, 7) is 3.27. The quantitative estimate of drug-likeness (QED) is 0.608. The van der Waals surface area contributed by atoms with Gasteiger partial charge in [0.2, 0.25) is 10.0 Å². The monoisotopic (exact) mass is 348 g/mol. The molecule has 21 heavy (non-hydrogen) atoms. The smallest absolute Gasteiger partial charge is 0.245 e. The molecule has 1 rings (SSSR count). The highest BCUT2D eigenvalue weighted by atomic mass is 35.5. The summed E-state index contributed by atoms with van der Waals surface area (Å²) in [5.74, 6) is 2.29. The van der Waals surface area contributed by atoms with Crippen molar-refractivity contribution in [2.75, 3.05) is 20.1 Å². The molecule has 1 aromatic rings. The first kappa shape index (κ1) is 18.3. The molecule has 0 radical (unpaired) electrons. The molecule has 0 aliphatic heterocycles. The van der Waals surface area contributed by atoms with Crippen LogP contribution in [0.1, 0.15) is 18.9 Å². The third-order valence-corrected chi connectivity index (χ3v) is 5.43. The van der Waals surface area contributed by atoms with Crippen LogP contribution in [0.2, 0.25) is 10.0 Å². The molecule has 0 aromatic heterocycles. The van der Waals surface area contributed by atoms with Crippen LogP contribution in [-0.4, -0.2) is 32.9 Å². The van der Waals surface area contributed by atoms with Gasteiger partial charge < -0.3 is 5.32 Å². The number of terminal acetylenes is 1. The predicted octanol–water partition coefficient (Wildman–Crippen LogP) is 2.75. The van der Waals surface area contributed by atoms with E-state index in [9.17, 15) is 8.42 Å². The fraction of sp³-hybridized carbons (Fsp3) is 0.429. The van der Waals surface area contributed by atoms with Gasteiger partial charge in [-0.2, -0.15) is 4.31 Å². The minimum Gasteiger partial charge on any atom is -0.313 e. The Hall–Kier alpha value is -0.770. The Morgan fingerprint density at radius 2 is 2.05 bits per heavy atom. The van der Waals surface area contributed by atoms with E-state index in [1.54, 1.807) is 6.07 Å². The van der Waals surface area contributed by atoms with Crippen molar-refractivity contribution in [2.45, 2.75) is 24.8 Å². The van der Waals surface area contributed by atoms with E-state index in [0.29, 0.717) is 17.1 Å². The molecule has 0 aliphatic carbocycles. The van der Waals surface area contributed by atoms with Crippen LogP contribution >= 0.6 is 23.2 Å². The van der Waals surface area contributed by atoms with Gasteiger partial charge in [-0.25, -0.2) is 8.42 Å². The van der Waals surface area contributed by atoms with Gasteiger partial charge in [-0.1, -0.05) is 36.0 Å². The van der Waals surface area contributed by atoms with Crippen LogP contribution in [0.5, 0.6) is 0 Å². The van der Waals surface area contributed by atoms with Crippen molar-refractivity contribution in [3.8, 4) is 12.3 Å². The Morgan fingerprint density at radius 1 is 1.38 bits per heavy atom. The van der Waals surface area contributed by atoms with Crippen LogP contribution in [-0.2, 0) is 16.6 Å². The number of nitrogens with one attached hydrogen (secondary N) is 1. The maximum Gasteiger partial charge on any atom is 0.245 e. The van der Waals surface area contributed by atoms with Gasteiger partial charge in [0.1, 0.15) is 4.90 Å². The molecule has 0 amide bonds. The molecule has 1 N–H and O–H groups in total. The van der Waals surface area contributed by atoms with Gasteiger partial charge in [-0.15, -0.1) is 6.42 Å². The van der Waals surface area contributed by atoms with E-state index in [4.69, 9.17) is 29.6 Å². The highest BCUT2D eigenvalue weighted by Crippen LogP contribution is 2.31. The Bertz CT molecular complexity index is 639. The molecule has 0 fully saturated rings. The number of nitrogens with zero attached hydrogens (tertiary/aromatic N) is 1. The summed E-state index contributed by atoms with van der Waals surface area (Å²) in [5.41, 5.74) is 0.644. The largest absolute Gasteiger partial charge is 0.313 e. The topological polar surface area (TPSA) is 49.4 Å². The summed E-state index contributed by atoms with van der Waals surface area (Å²) >= 11 is 12.2. The lowest BCUT2D eigenvalue weighted by Crippen LogP contribution is -2.28. The third-order valence-electron chi connectivity index (χ3n) is 2.82. The highest BCUT2D eigenvalue weighted by Gasteiger charge is 2.25. The van der Waals surface area contributed by atoms with Crippen molar-refractivity contribution in [2.24, 2.45) is 0 Å². The average molecular weight is 349 g/mol. The van der Waals surface area contributed by atoms with Crippen molar-refractivity contribution < 1.29 is 8.42 Å². The molecule has 1 aromatic carbocycles. The number of sulfonamides is 1. The number of hydrogen-bond donors (Lipinski definition) is 1. The molecule has 116 valence electrons. The molecule has 4 nitrogen and oxygen atoms in total. The summed E-state index contributed by atoms with van der Waals surface area (Å²) in [4.78, 5) is -0.0253. The molecule has 0 aliphatic rings. The second kappa shape index (κ2) is 8.02. The minimum absolute atomic E-state index is 0.0253. The van der Waals surface area contributed by atoms with Gasteiger partial charge in [0, 0.05) is 18.6 Å². The third kappa shape index (κ3) is 4.60. The molecule has 0 heterocycles. The van der Waals surface area contributed by atoms with Crippen LogP contribution in [0.3, 0.4) is 0 Å². The van der Waals surface area contributed by atoms with Crippen molar-refractivity contribution in [1.82, 2.24) is 9.62 Å². The molecule has 7 heteroatoms. The zero-order valence-electron chi connectivity index (χ0n) is 12.0. The summed E-state index contributed by atoms with van der Waals surface area (Å²) < 4.78 is 26.0. The lowest BCUT2D eigenvalue weighted by Gasteiger charge is -2.17. The van der Waals surface area contributed by atoms with Crippen molar-refractivity contribution in [3.63, 3.8) is 0 Å². The van der Waals surface area contributed by atoms with Gasteiger partial charge in [0.25, 0.3) is 0 Å². The Balaban J connectivity index is 3.22. The van der Waals surface area contributed by atoms with Crippen LogP contribution in [0.25, 0.3) is 0 Å². The van der Waals surface area contributed by atoms with Gasteiger partial charge in [0.05, 0.1) is 11.6 Å². The molecule has 0 saturated carbocycles. The first-order valence-electron chi connectivity index (χ1n) is 6.43. The highest BCUT2D eigenvalue weighted by molar-refractivity contribution is 7.89.